The summed E-state index contributed by atoms with van der Waals surface area (Å²) in [5.74, 6) is -0.319. The van der Waals surface area contributed by atoms with E-state index < -0.39 is 11.7 Å². The standard InChI is InChI=1S/C27H37FN2O3/c1-18(2)24(31)23(19-8-4-3-5-9-19)29-25(32)21-11-6-10-20(16-21)22-12-7-15-30(17-22)26(33)27(28)13-14-27/h6,10-11,16,18-19,22-23H,3-5,7-9,12-15,17H2,1-2H3,(H,29,32)/t22?,23-/m1/s1. The summed E-state index contributed by atoms with van der Waals surface area (Å²) >= 11 is 0. The number of piperidine rings is 1. The van der Waals surface area contributed by atoms with Gasteiger partial charge in [0, 0.05) is 30.5 Å². The Morgan fingerprint density at radius 2 is 1.79 bits per heavy atom. The SMILES string of the molecule is CC(C)C(=O)[C@H](NC(=O)c1cccc(C2CCCN(C(=O)C3(F)CC3)C2)c1)C1CCCCC1. The summed E-state index contributed by atoms with van der Waals surface area (Å²) in [5, 5.41) is 3.07. The number of ketones is 1. The Morgan fingerprint density at radius 3 is 2.45 bits per heavy atom. The van der Waals surface area contributed by atoms with Gasteiger partial charge in [-0.15, -0.1) is 0 Å². The molecular formula is C27H37FN2O3. The van der Waals surface area contributed by atoms with Gasteiger partial charge in [0.15, 0.2) is 11.5 Å². The molecule has 2 atom stereocenters. The molecule has 1 aromatic rings. The Bertz CT molecular complexity index is 889. The van der Waals surface area contributed by atoms with E-state index in [1.807, 2.05) is 32.0 Å². The number of alkyl halides is 1. The number of hydrogen-bond acceptors (Lipinski definition) is 3. The average Bonchev–Trinajstić information content (AvgIpc) is 3.60. The number of carbonyl (C=O) groups is 3. The molecule has 33 heavy (non-hydrogen) atoms. The van der Waals surface area contributed by atoms with E-state index in [9.17, 15) is 18.8 Å². The van der Waals surface area contributed by atoms with Gasteiger partial charge in [0.1, 0.15) is 0 Å². The van der Waals surface area contributed by atoms with E-state index in [4.69, 9.17) is 0 Å². The average molecular weight is 457 g/mol. The molecule has 5 nitrogen and oxygen atoms in total. The number of rotatable bonds is 7. The van der Waals surface area contributed by atoms with E-state index in [0.717, 1.165) is 44.1 Å². The molecule has 6 heteroatoms. The zero-order valence-corrected chi connectivity index (χ0v) is 19.9. The summed E-state index contributed by atoms with van der Waals surface area (Å²) in [6.45, 7) is 4.88. The van der Waals surface area contributed by atoms with Crippen molar-refractivity contribution in [3.63, 3.8) is 0 Å². The van der Waals surface area contributed by atoms with Crippen LogP contribution in [0.1, 0.15) is 93.5 Å². The smallest absolute Gasteiger partial charge is 0.260 e. The van der Waals surface area contributed by atoms with Gasteiger partial charge in [-0.05, 0) is 62.1 Å². The Kier molecular flexibility index (Phi) is 7.20. The van der Waals surface area contributed by atoms with E-state index in [-0.39, 0.29) is 35.4 Å². The molecule has 0 radical (unpaired) electrons. The van der Waals surface area contributed by atoms with Crippen LogP contribution in [0.25, 0.3) is 0 Å². The summed E-state index contributed by atoms with van der Waals surface area (Å²) in [5.41, 5.74) is -0.105. The number of benzene rings is 1. The van der Waals surface area contributed by atoms with Crippen molar-refractivity contribution in [2.45, 2.75) is 89.3 Å². The first kappa shape index (κ1) is 23.9. The largest absolute Gasteiger partial charge is 0.342 e. The zero-order valence-electron chi connectivity index (χ0n) is 19.9. The number of Topliss-reactive ketones (excluding diaryl/α,β-unsaturated/α-hetero) is 1. The predicted octanol–water partition coefficient (Wildman–Crippen LogP) is 4.80. The first-order valence-corrected chi connectivity index (χ1v) is 12.7. The van der Waals surface area contributed by atoms with Gasteiger partial charge in [0.2, 0.25) is 0 Å². The van der Waals surface area contributed by atoms with Crippen LogP contribution in [0, 0.1) is 11.8 Å². The van der Waals surface area contributed by atoms with Gasteiger partial charge in [-0.1, -0.05) is 45.2 Å². The van der Waals surface area contributed by atoms with Crippen molar-refractivity contribution in [1.29, 1.82) is 0 Å². The fourth-order valence-electron chi connectivity index (χ4n) is 5.45. The van der Waals surface area contributed by atoms with Gasteiger partial charge in [0.25, 0.3) is 11.8 Å². The Hall–Kier alpha value is -2.24. The van der Waals surface area contributed by atoms with Crippen LogP contribution in [-0.2, 0) is 9.59 Å². The molecule has 0 bridgehead atoms. The number of nitrogens with zero attached hydrogens (tertiary/aromatic N) is 1. The predicted molar refractivity (Wildman–Crippen MR) is 126 cm³/mol. The van der Waals surface area contributed by atoms with E-state index in [0.29, 0.717) is 31.5 Å². The van der Waals surface area contributed by atoms with Crippen molar-refractivity contribution in [2.75, 3.05) is 13.1 Å². The minimum atomic E-state index is -1.64. The fraction of sp³-hybridized carbons (Fsp3) is 0.667. The highest BCUT2D eigenvalue weighted by Gasteiger charge is 2.53. The lowest BCUT2D eigenvalue weighted by molar-refractivity contribution is -0.139. The van der Waals surface area contributed by atoms with E-state index >= 15 is 0 Å². The summed E-state index contributed by atoms with van der Waals surface area (Å²) in [4.78, 5) is 40.3. The van der Waals surface area contributed by atoms with Gasteiger partial charge in [0.05, 0.1) is 6.04 Å². The van der Waals surface area contributed by atoms with Crippen LogP contribution >= 0.6 is 0 Å². The van der Waals surface area contributed by atoms with Crippen LogP contribution in [0.3, 0.4) is 0 Å². The number of amides is 2. The van der Waals surface area contributed by atoms with Crippen molar-refractivity contribution >= 4 is 17.6 Å². The van der Waals surface area contributed by atoms with Crippen LogP contribution in [0.15, 0.2) is 24.3 Å². The molecule has 0 aromatic heterocycles. The molecule has 1 saturated heterocycles. The maximum atomic E-state index is 14.3. The Balaban J connectivity index is 1.46. The van der Waals surface area contributed by atoms with Crippen LogP contribution in [0.5, 0.6) is 0 Å². The number of likely N-dealkylation sites (tertiary alicyclic amines) is 1. The second kappa shape index (κ2) is 9.94. The lowest BCUT2D eigenvalue weighted by Gasteiger charge is -2.34. The molecule has 1 aromatic carbocycles. The van der Waals surface area contributed by atoms with Crippen LogP contribution in [0.4, 0.5) is 4.39 Å². The van der Waals surface area contributed by atoms with Gasteiger partial charge in [-0.3, -0.25) is 14.4 Å². The Labute approximate surface area is 196 Å². The summed E-state index contributed by atoms with van der Waals surface area (Å²) in [7, 11) is 0. The quantitative estimate of drug-likeness (QED) is 0.641. The van der Waals surface area contributed by atoms with Gasteiger partial charge >= 0.3 is 0 Å². The number of halogens is 1. The van der Waals surface area contributed by atoms with Crippen LogP contribution < -0.4 is 5.32 Å². The molecule has 2 aliphatic carbocycles. The Morgan fingerprint density at radius 1 is 1.06 bits per heavy atom. The van der Waals surface area contributed by atoms with Crippen LogP contribution in [-0.4, -0.2) is 47.3 Å². The lowest BCUT2D eigenvalue weighted by Crippen LogP contribution is -2.48. The summed E-state index contributed by atoms with van der Waals surface area (Å²) < 4.78 is 14.3. The van der Waals surface area contributed by atoms with Gasteiger partial charge in [-0.2, -0.15) is 0 Å². The maximum absolute atomic E-state index is 14.3. The molecule has 180 valence electrons. The zero-order chi connectivity index (χ0) is 23.6. The van der Waals surface area contributed by atoms with E-state index in [1.165, 1.54) is 6.42 Å². The number of hydrogen-bond donors (Lipinski definition) is 1. The van der Waals surface area contributed by atoms with Crippen molar-refractivity contribution < 1.29 is 18.8 Å². The van der Waals surface area contributed by atoms with Crippen molar-refractivity contribution in [3.05, 3.63) is 35.4 Å². The monoisotopic (exact) mass is 456 g/mol. The van der Waals surface area contributed by atoms with E-state index in [2.05, 4.69) is 5.32 Å². The molecule has 4 rings (SSSR count). The first-order valence-electron chi connectivity index (χ1n) is 12.7. The third kappa shape index (κ3) is 5.47. The molecule has 1 aliphatic heterocycles. The molecule has 0 spiro atoms. The molecular weight excluding hydrogens is 419 g/mol. The number of nitrogens with one attached hydrogen (secondary N) is 1. The first-order chi connectivity index (χ1) is 15.8. The maximum Gasteiger partial charge on any atom is 0.260 e. The normalized spacial score (nSPS) is 23.8. The summed E-state index contributed by atoms with van der Waals surface area (Å²) in [6, 6.07) is 7.07. The summed E-state index contributed by atoms with van der Waals surface area (Å²) in [6.07, 6.45) is 7.76. The lowest BCUT2D eigenvalue weighted by atomic mass is 9.80. The molecule has 2 amide bonds. The van der Waals surface area contributed by atoms with Gasteiger partial charge in [-0.25, -0.2) is 4.39 Å². The molecule has 1 unspecified atom stereocenters. The minimum absolute atomic E-state index is 0.0873. The molecule has 2 saturated carbocycles. The molecule has 1 heterocycles. The second-order valence-corrected chi connectivity index (χ2v) is 10.6. The highest BCUT2D eigenvalue weighted by atomic mass is 19.1. The number of carbonyl (C=O) groups excluding carboxylic acids is 3. The molecule has 3 aliphatic rings. The van der Waals surface area contributed by atoms with Gasteiger partial charge < -0.3 is 10.2 Å². The van der Waals surface area contributed by atoms with Crippen molar-refractivity contribution in [2.24, 2.45) is 11.8 Å². The molecule has 3 fully saturated rings. The highest BCUT2D eigenvalue weighted by molar-refractivity contribution is 5.98. The third-order valence-electron chi connectivity index (χ3n) is 7.68. The van der Waals surface area contributed by atoms with Crippen molar-refractivity contribution in [1.82, 2.24) is 10.2 Å². The van der Waals surface area contributed by atoms with E-state index in [1.54, 1.807) is 11.0 Å². The topological polar surface area (TPSA) is 66.5 Å². The third-order valence-corrected chi connectivity index (χ3v) is 7.68. The molecule has 1 N–H and O–H groups in total. The van der Waals surface area contributed by atoms with Crippen LogP contribution in [0.2, 0.25) is 0 Å². The van der Waals surface area contributed by atoms with Crippen molar-refractivity contribution in [3.8, 4) is 0 Å². The fourth-order valence-corrected chi connectivity index (χ4v) is 5.45. The second-order valence-electron chi connectivity index (χ2n) is 10.6. The highest BCUT2D eigenvalue weighted by Crippen LogP contribution is 2.42. The minimum Gasteiger partial charge on any atom is -0.342 e.